The topological polar surface area (TPSA) is 73.6 Å². The molecule has 1 unspecified atom stereocenters. The minimum atomic E-state index is -0.191. The number of rotatable bonds is 8. The van der Waals surface area contributed by atoms with Gasteiger partial charge in [-0.3, -0.25) is 4.79 Å². The fourth-order valence-electron chi connectivity index (χ4n) is 1.79. The molecule has 1 rings (SSSR count). The molecule has 0 heterocycles. The molecule has 0 saturated heterocycles. The Labute approximate surface area is 124 Å². The molecule has 1 amide bonds. The van der Waals surface area contributed by atoms with Crippen molar-refractivity contribution in [2.24, 2.45) is 5.73 Å². The lowest BCUT2D eigenvalue weighted by Gasteiger charge is -2.14. The van der Waals surface area contributed by atoms with Crippen molar-refractivity contribution in [3.63, 3.8) is 0 Å². The molecule has 0 bridgehead atoms. The first-order valence-electron chi connectivity index (χ1n) is 6.46. The van der Waals surface area contributed by atoms with Crippen molar-refractivity contribution in [3.05, 3.63) is 28.8 Å². The van der Waals surface area contributed by atoms with Crippen LogP contribution in [0.1, 0.15) is 12.5 Å². The minimum absolute atomic E-state index is 0.0484. The molecule has 1 aromatic carbocycles. The van der Waals surface area contributed by atoms with Crippen LogP contribution in [0.2, 0.25) is 5.02 Å². The van der Waals surface area contributed by atoms with Gasteiger partial charge in [0.25, 0.3) is 5.91 Å². The Bertz CT molecular complexity index is 440. The van der Waals surface area contributed by atoms with E-state index in [4.69, 9.17) is 26.8 Å². The zero-order valence-corrected chi connectivity index (χ0v) is 12.6. The van der Waals surface area contributed by atoms with Crippen LogP contribution in [0.15, 0.2) is 18.2 Å². The van der Waals surface area contributed by atoms with E-state index in [-0.39, 0.29) is 18.6 Å². The fourth-order valence-corrected chi connectivity index (χ4v) is 1.99. The van der Waals surface area contributed by atoms with Gasteiger partial charge in [-0.2, -0.15) is 0 Å². The Hall–Kier alpha value is -1.30. The highest BCUT2D eigenvalue weighted by Crippen LogP contribution is 2.23. The third-order valence-corrected chi connectivity index (χ3v) is 2.85. The Kier molecular flexibility index (Phi) is 7.36. The van der Waals surface area contributed by atoms with Crippen molar-refractivity contribution in [1.29, 1.82) is 0 Å². The average Bonchev–Trinajstić information content (AvgIpc) is 2.38. The lowest BCUT2D eigenvalue weighted by atomic mass is 10.1. The van der Waals surface area contributed by atoms with E-state index in [0.29, 0.717) is 30.3 Å². The predicted octanol–water partition coefficient (Wildman–Crippen LogP) is 1.37. The monoisotopic (exact) mass is 300 g/mol. The Morgan fingerprint density at radius 2 is 2.25 bits per heavy atom. The van der Waals surface area contributed by atoms with Crippen LogP contribution in [0.3, 0.4) is 0 Å². The van der Waals surface area contributed by atoms with E-state index in [1.807, 2.05) is 6.92 Å². The third-order valence-electron chi connectivity index (χ3n) is 2.62. The lowest BCUT2D eigenvalue weighted by Crippen LogP contribution is -2.38. The van der Waals surface area contributed by atoms with E-state index >= 15 is 0 Å². The van der Waals surface area contributed by atoms with E-state index in [0.717, 1.165) is 5.56 Å². The van der Waals surface area contributed by atoms with E-state index in [1.165, 1.54) is 0 Å². The molecule has 0 radical (unpaired) electrons. The summed E-state index contributed by atoms with van der Waals surface area (Å²) in [5.74, 6) is 0.442. The van der Waals surface area contributed by atoms with Crippen molar-refractivity contribution in [2.75, 3.05) is 26.9 Å². The number of methoxy groups -OCH3 is 1. The first-order chi connectivity index (χ1) is 9.56. The fraction of sp³-hybridized carbons (Fsp3) is 0.500. The summed E-state index contributed by atoms with van der Waals surface area (Å²) in [5, 5.41) is 3.40. The number of benzene rings is 1. The van der Waals surface area contributed by atoms with Crippen LogP contribution in [0.4, 0.5) is 0 Å². The highest BCUT2D eigenvalue weighted by molar-refractivity contribution is 6.30. The van der Waals surface area contributed by atoms with Gasteiger partial charge in [-0.25, -0.2) is 0 Å². The quantitative estimate of drug-likeness (QED) is 0.760. The van der Waals surface area contributed by atoms with Gasteiger partial charge in [0.2, 0.25) is 0 Å². The molecule has 5 nitrogen and oxygen atoms in total. The van der Waals surface area contributed by atoms with Crippen molar-refractivity contribution in [1.82, 2.24) is 5.32 Å². The SMILES string of the molecule is COCC(C)NC(=O)COc1ccc(Cl)cc1CCN. The number of ether oxygens (including phenoxy) is 2. The number of carbonyl (C=O) groups excluding carboxylic acids is 1. The molecule has 112 valence electrons. The molecule has 0 spiro atoms. The number of nitrogens with one attached hydrogen (secondary N) is 1. The molecule has 6 heteroatoms. The molecule has 0 aliphatic carbocycles. The Morgan fingerprint density at radius 1 is 1.50 bits per heavy atom. The number of hydrogen-bond donors (Lipinski definition) is 2. The molecule has 3 N–H and O–H groups in total. The van der Waals surface area contributed by atoms with E-state index < -0.39 is 0 Å². The third kappa shape index (κ3) is 5.77. The maximum atomic E-state index is 11.7. The Morgan fingerprint density at radius 3 is 2.90 bits per heavy atom. The van der Waals surface area contributed by atoms with Crippen LogP contribution in [-0.4, -0.2) is 38.8 Å². The second-order valence-electron chi connectivity index (χ2n) is 4.50. The van der Waals surface area contributed by atoms with Gasteiger partial charge < -0.3 is 20.5 Å². The average molecular weight is 301 g/mol. The van der Waals surface area contributed by atoms with Crippen LogP contribution in [0, 0.1) is 0 Å². The standard InChI is InChI=1S/C14H21ClN2O3/c1-10(8-19-2)17-14(18)9-20-13-4-3-12(15)7-11(13)5-6-16/h3-4,7,10H,5-6,8-9,16H2,1-2H3,(H,17,18). The van der Waals surface area contributed by atoms with E-state index in [1.54, 1.807) is 25.3 Å². The molecule has 1 aromatic rings. The number of nitrogens with two attached hydrogens (primary N) is 1. The normalized spacial score (nSPS) is 12.0. The highest BCUT2D eigenvalue weighted by Gasteiger charge is 2.10. The molecule has 0 aromatic heterocycles. The first-order valence-corrected chi connectivity index (χ1v) is 6.84. The van der Waals surface area contributed by atoms with Crippen LogP contribution in [-0.2, 0) is 16.0 Å². The van der Waals surface area contributed by atoms with Crippen LogP contribution in [0.25, 0.3) is 0 Å². The summed E-state index contributed by atoms with van der Waals surface area (Å²) in [6, 6.07) is 5.22. The summed E-state index contributed by atoms with van der Waals surface area (Å²) in [5.41, 5.74) is 6.44. The number of halogens is 1. The number of amides is 1. The zero-order chi connectivity index (χ0) is 15.0. The van der Waals surface area contributed by atoms with Gasteiger partial charge in [-0.1, -0.05) is 11.6 Å². The molecule has 0 saturated carbocycles. The predicted molar refractivity (Wildman–Crippen MR) is 79.2 cm³/mol. The number of carbonyl (C=O) groups is 1. The van der Waals surface area contributed by atoms with Crippen LogP contribution >= 0.6 is 11.6 Å². The van der Waals surface area contributed by atoms with Gasteiger partial charge in [0, 0.05) is 18.2 Å². The maximum Gasteiger partial charge on any atom is 0.258 e. The largest absolute Gasteiger partial charge is 0.483 e. The molecular formula is C14H21ClN2O3. The summed E-state index contributed by atoms with van der Waals surface area (Å²) in [7, 11) is 1.59. The van der Waals surface area contributed by atoms with Gasteiger partial charge in [-0.05, 0) is 43.7 Å². The second kappa shape index (κ2) is 8.79. The van der Waals surface area contributed by atoms with Gasteiger partial charge in [-0.15, -0.1) is 0 Å². The van der Waals surface area contributed by atoms with Gasteiger partial charge in [0.15, 0.2) is 6.61 Å². The zero-order valence-electron chi connectivity index (χ0n) is 11.8. The van der Waals surface area contributed by atoms with Crippen molar-refractivity contribution < 1.29 is 14.3 Å². The van der Waals surface area contributed by atoms with Crippen molar-refractivity contribution in [3.8, 4) is 5.75 Å². The molecule has 20 heavy (non-hydrogen) atoms. The van der Waals surface area contributed by atoms with E-state index in [2.05, 4.69) is 5.32 Å². The smallest absolute Gasteiger partial charge is 0.258 e. The van der Waals surface area contributed by atoms with Crippen molar-refractivity contribution >= 4 is 17.5 Å². The number of hydrogen-bond acceptors (Lipinski definition) is 4. The van der Waals surface area contributed by atoms with Crippen molar-refractivity contribution in [2.45, 2.75) is 19.4 Å². The highest BCUT2D eigenvalue weighted by atomic mass is 35.5. The summed E-state index contributed by atoms with van der Waals surface area (Å²) < 4.78 is 10.5. The first kappa shape index (κ1) is 16.8. The van der Waals surface area contributed by atoms with Gasteiger partial charge in [0.1, 0.15) is 5.75 Å². The summed E-state index contributed by atoms with van der Waals surface area (Å²) in [6.07, 6.45) is 0.650. The lowest BCUT2D eigenvalue weighted by molar-refractivity contribution is -0.124. The van der Waals surface area contributed by atoms with Gasteiger partial charge in [0.05, 0.1) is 6.61 Å². The molecule has 0 aliphatic rings. The second-order valence-corrected chi connectivity index (χ2v) is 4.94. The minimum Gasteiger partial charge on any atom is -0.483 e. The summed E-state index contributed by atoms with van der Waals surface area (Å²) in [6.45, 7) is 2.77. The van der Waals surface area contributed by atoms with Gasteiger partial charge >= 0.3 is 0 Å². The van der Waals surface area contributed by atoms with Crippen LogP contribution in [0.5, 0.6) is 5.75 Å². The molecule has 0 fully saturated rings. The maximum absolute atomic E-state index is 11.7. The van der Waals surface area contributed by atoms with Crippen LogP contribution < -0.4 is 15.8 Å². The summed E-state index contributed by atoms with van der Waals surface area (Å²) >= 11 is 5.93. The van der Waals surface area contributed by atoms with E-state index in [9.17, 15) is 4.79 Å². The Balaban J connectivity index is 2.54. The summed E-state index contributed by atoms with van der Waals surface area (Å²) in [4.78, 5) is 11.7. The molecular weight excluding hydrogens is 280 g/mol. The molecule has 1 atom stereocenters. The molecule has 0 aliphatic heterocycles.